The van der Waals surface area contributed by atoms with E-state index < -0.39 is 0 Å². The second-order valence-electron chi connectivity index (χ2n) is 10.7. The first-order chi connectivity index (χ1) is 16.6. The van der Waals surface area contributed by atoms with Gasteiger partial charge in [0.1, 0.15) is 17.9 Å². The minimum Gasteiger partial charge on any atom is -0.508 e. The molecule has 1 spiro atoms. The fourth-order valence-corrected chi connectivity index (χ4v) is 6.68. The number of pyridine rings is 1. The van der Waals surface area contributed by atoms with Crippen LogP contribution in [0.15, 0.2) is 66.9 Å². The minimum atomic E-state index is 0.231. The summed E-state index contributed by atoms with van der Waals surface area (Å²) in [6, 6.07) is 21.1. The lowest BCUT2D eigenvalue weighted by Crippen LogP contribution is -2.58. The molecule has 174 valence electrons. The fourth-order valence-electron chi connectivity index (χ4n) is 6.68. The Morgan fingerprint density at radius 3 is 2.44 bits per heavy atom. The van der Waals surface area contributed by atoms with E-state index in [1.165, 1.54) is 22.3 Å². The molecule has 3 aromatic rings. The molecule has 1 N–H and O–H groups in total. The Labute approximate surface area is 201 Å². The molecule has 0 amide bonds. The number of benzene rings is 2. The summed E-state index contributed by atoms with van der Waals surface area (Å²) in [5.74, 6) is 2.30. The van der Waals surface area contributed by atoms with E-state index in [4.69, 9.17) is 4.98 Å². The quantitative estimate of drug-likeness (QED) is 0.505. The molecule has 1 saturated heterocycles. The number of aromatic hydroxyl groups is 1. The SMILES string of the molecule is O=CC1CCC2(CC1)CN(c1ccc(C3c4ccc(O)cc4CCC3c3ccccc3)cn1)C2. The van der Waals surface area contributed by atoms with Crippen molar-refractivity contribution in [2.24, 2.45) is 11.3 Å². The Hall–Kier alpha value is -3.14. The molecule has 2 fully saturated rings. The Balaban J connectivity index is 1.25. The van der Waals surface area contributed by atoms with Gasteiger partial charge in [-0.25, -0.2) is 4.98 Å². The molecule has 34 heavy (non-hydrogen) atoms. The molecule has 0 radical (unpaired) electrons. The fraction of sp³-hybridized carbons (Fsp3) is 0.400. The maximum absolute atomic E-state index is 11.1. The summed E-state index contributed by atoms with van der Waals surface area (Å²) in [5, 5.41) is 10.1. The summed E-state index contributed by atoms with van der Waals surface area (Å²) in [4.78, 5) is 18.4. The average Bonchev–Trinajstić information content (AvgIpc) is 2.87. The molecule has 3 aliphatic rings. The zero-order valence-electron chi connectivity index (χ0n) is 19.6. The molecular weight excluding hydrogens is 420 g/mol. The Bertz CT molecular complexity index is 1160. The number of phenolic OH excluding ortho intramolecular Hbond substituents is 1. The van der Waals surface area contributed by atoms with Gasteiger partial charge in [0.05, 0.1) is 0 Å². The predicted molar refractivity (Wildman–Crippen MR) is 134 cm³/mol. The number of aldehydes is 1. The van der Waals surface area contributed by atoms with Crippen LogP contribution in [-0.2, 0) is 11.2 Å². The highest BCUT2D eigenvalue weighted by Crippen LogP contribution is 2.48. The van der Waals surface area contributed by atoms with Gasteiger partial charge in [-0.3, -0.25) is 0 Å². The molecular formula is C30H32N2O2. The van der Waals surface area contributed by atoms with Crippen molar-refractivity contribution in [3.8, 4) is 5.75 Å². The standard InChI is InChI=1S/C30H32N2O2/c33-18-21-12-14-30(15-13-21)19-32(20-30)28-11-7-24(17-31-28)29-26(22-4-2-1-3-5-22)9-6-23-16-25(34)8-10-27(23)29/h1-5,7-8,10-11,16-18,21,26,29,34H,6,9,12-15,19-20H2. The highest BCUT2D eigenvalue weighted by molar-refractivity contribution is 5.54. The van der Waals surface area contributed by atoms with E-state index in [1.54, 1.807) is 0 Å². The second kappa shape index (κ2) is 8.57. The molecule has 1 aromatic heterocycles. The smallest absolute Gasteiger partial charge is 0.128 e. The first-order valence-corrected chi connectivity index (χ1v) is 12.7. The molecule has 2 atom stereocenters. The molecule has 1 aliphatic heterocycles. The first kappa shape index (κ1) is 21.4. The highest BCUT2D eigenvalue weighted by Gasteiger charge is 2.45. The van der Waals surface area contributed by atoms with Gasteiger partial charge in [0, 0.05) is 36.5 Å². The van der Waals surface area contributed by atoms with Gasteiger partial charge < -0.3 is 14.8 Å². The number of aryl methyl sites for hydroxylation is 1. The molecule has 1 saturated carbocycles. The zero-order valence-corrected chi connectivity index (χ0v) is 19.6. The van der Waals surface area contributed by atoms with Gasteiger partial charge in [-0.15, -0.1) is 0 Å². The van der Waals surface area contributed by atoms with Gasteiger partial charge >= 0.3 is 0 Å². The third kappa shape index (κ3) is 3.79. The van der Waals surface area contributed by atoms with Gasteiger partial charge in [-0.05, 0) is 84.9 Å². The van der Waals surface area contributed by atoms with Crippen molar-refractivity contribution in [2.45, 2.75) is 50.4 Å². The number of carbonyl (C=O) groups excluding carboxylic acids is 1. The van der Waals surface area contributed by atoms with E-state index in [0.717, 1.165) is 63.7 Å². The normalized spacial score (nSPS) is 23.8. The third-order valence-corrected chi connectivity index (χ3v) is 8.61. The van der Waals surface area contributed by atoms with Crippen LogP contribution in [0.3, 0.4) is 0 Å². The monoisotopic (exact) mass is 452 g/mol. The van der Waals surface area contributed by atoms with Crippen molar-refractivity contribution in [3.63, 3.8) is 0 Å². The molecule has 2 heterocycles. The lowest BCUT2D eigenvalue weighted by atomic mass is 9.66. The summed E-state index contributed by atoms with van der Waals surface area (Å²) < 4.78 is 0. The van der Waals surface area contributed by atoms with Crippen molar-refractivity contribution in [2.75, 3.05) is 18.0 Å². The lowest BCUT2D eigenvalue weighted by Gasteiger charge is -2.53. The number of anilines is 1. The summed E-state index contributed by atoms with van der Waals surface area (Å²) in [7, 11) is 0. The maximum Gasteiger partial charge on any atom is 0.128 e. The molecule has 2 aliphatic carbocycles. The van der Waals surface area contributed by atoms with Crippen molar-refractivity contribution in [1.82, 2.24) is 4.98 Å². The summed E-state index contributed by atoms with van der Waals surface area (Å²) in [5.41, 5.74) is 5.55. The predicted octanol–water partition coefficient (Wildman–Crippen LogP) is 5.84. The minimum absolute atomic E-state index is 0.231. The summed E-state index contributed by atoms with van der Waals surface area (Å²) >= 11 is 0. The average molecular weight is 453 g/mol. The number of aromatic nitrogens is 1. The van der Waals surface area contributed by atoms with Crippen LogP contribution in [0.25, 0.3) is 0 Å². The number of carbonyl (C=O) groups is 1. The summed E-state index contributed by atoms with van der Waals surface area (Å²) in [6.07, 6.45) is 9.67. The van der Waals surface area contributed by atoms with Gasteiger partial charge in [0.15, 0.2) is 0 Å². The molecule has 6 rings (SSSR count). The Kier molecular flexibility index (Phi) is 5.40. The van der Waals surface area contributed by atoms with Crippen LogP contribution in [0.5, 0.6) is 5.75 Å². The number of rotatable bonds is 4. The van der Waals surface area contributed by atoms with E-state index in [9.17, 15) is 9.90 Å². The van der Waals surface area contributed by atoms with E-state index >= 15 is 0 Å². The second-order valence-corrected chi connectivity index (χ2v) is 10.7. The highest BCUT2D eigenvalue weighted by atomic mass is 16.3. The van der Waals surface area contributed by atoms with Crippen molar-refractivity contribution >= 4 is 12.1 Å². The van der Waals surface area contributed by atoms with E-state index in [1.807, 2.05) is 12.1 Å². The van der Waals surface area contributed by atoms with Gasteiger partial charge in [0.25, 0.3) is 0 Å². The maximum atomic E-state index is 11.1. The first-order valence-electron chi connectivity index (χ1n) is 12.7. The van der Waals surface area contributed by atoms with Crippen molar-refractivity contribution in [1.29, 1.82) is 0 Å². The van der Waals surface area contributed by atoms with Crippen LogP contribution in [0, 0.1) is 11.3 Å². The van der Waals surface area contributed by atoms with Crippen LogP contribution in [0.4, 0.5) is 5.82 Å². The van der Waals surface area contributed by atoms with Crippen LogP contribution in [-0.4, -0.2) is 29.5 Å². The van der Waals surface area contributed by atoms with E-state index in [-0.39, 0.29) is 11.8 Å². The Morgan fingerprint density at radius 1 is 0.941 bits per heavy atom. The number of nitrogens with zero attached hydrogens (tertiary/aromatic N) is 2. The van der Waals surface area contributed by atoms with E-state index in [0.29, 0.717) is 17.1 Å². The molecule has 2 aromatic carbocycles. The third-order valence-electron chi connectivity index (χ3n) is 8.61. The summed E-state index contributed by atoms with van der Waals surface area (Å²) in [6.45, 7) is 2.12. The zero-order chi connectivity index (χ0) is 23.1. The molecule has 4 nitrogen and oxygen atoms in total. The van der Waals surface area contributed by atoms with Crippen LogP contribution in [0.1, 0.15) is 66.2 Å². The molecule has 2 unspecified atom stereocenters. The number of phenols is 1. The molecule has 0 bridgehead atoms. The number of hydrogen-bond acceptors (Lipinski definition) is 4. The van der Waals surface area contributed by atoms with Gasteiger partial charge in [-0.1, -0.05) is 42.5 Å². The lowest BCUT2D eigenvalue weighted by molar-refractivity contribution is -0.112. The van der Waals surface area contributed by atoms with Crippen LogP contribution in [0.2, 0.25) is 0 Å². The van der Waals surface area contributed by atoms with Crippen molar-refractivity contribution < 1.29 is 9.90 Å². The van der Waals surface area contributed by atoms with Crippen LogP contribution < -0.4 is 4.90 Å². The van der Waals surface area contributed by atoms with Gasteiger partial charge in [0.2, 0.25) is 0 Å². The topological polar surface area (TPSA) is 53.4 Å². The largest absolute Gasteiger partial charge is 0.508 e. The number of hydrogen-bond donors (Lipinski definition) is 1. The molecule has 4 heteroatoms. The van der Waals surface area contributed by atoms with Crippen molar-refractivity contribution in [3.05, 3.63) is 89.1 Å². The number of fused-ring (bicyclic) bond motifs is 1. The van der Waals surface area contributed by atoms with Gasteiger partial charge in [-0.2, -0.15) is 0 Å². The van der Waals surface area contributed by atoms with E-state index in [2.05, 4.69) is 59.6 Å². The Morgan fingerprint density at radius 2 is 1.74 bits per heavy atom. The van der Waals surface area contributed by atoms with Crippen LogP contribution >= 0.6 is 0 Å².